The minimum atomic E-state index is -0.214. The van der Waals surface area contributed by atoms with Crippen LogP contribution in [0.5, 0.6) is 0 Å². The van der Waals surface area contributed by atoms with Gasteiger partial charge in [0.1, 0.15) is 0 Å². The molecule has 1 aromatic rings. The van der Waals surface area contributed by atoms with Crippen LogP contribution < -0.4 is 11.1 Å². The zero-order valence-electron chi connectivity index (χ0n) is 10.6. The molecule has 0 aliphatic carbocycles. The highest BCUT2D eigenvalue weighted by atomic mass is 16.1. The Hall–Kier alpha value is -1.42. The third-order valence-corrected chi connectivity index (χ3v) is 3.68. The number of carbonyl (C=O) groups is 1. The lowest BCUT2D eigenvalue weighted by molar-refractivity contribution is -0.120. The van der Waals surface area contributed by atoms with Crippen molar-refractivity contribution in [2.24, 2.45) is 11.7 Å². The fraction of sp³-hybridized carbons (Fsp3) is 0.571. The van der Waals surface area contributed by atoms with Gasteiger partial charge in [0.2, 0.25) is 5.91 Å². The molecule has 4 heteroatoms. The first-order valence-corrected chi connectivity index (χ1v) is 6.67. The highest BCUT2D eigenvalue weighted by Gasteiger charge is 2.24. The van der Waals surface area contributed by atoms with Gasteiger partial charge in [0, 0.05) is 12.4 Å². The van der Waals surface area contributed by atoms with Crippen LogP contribution in [0.3, 0.4) is 0 Å². The first-order valence-electron chi connectivity index (χ1n) is 6.67. The second-order valence-electron chi connectivity index (χ2n) is 5.05. The highest BCUT2D eigenvalue weighted by Crippen LogP contribution is 2.22. The molecule has 1 aromatic heterocycles. The molecule has 0 spiro atoms. The Morgan fingerprint density at radius 1 is 1.44 bits per heavy atom. The molecule has 1 aliphatic rings. The Kier molecular flexibility index (Phi) is 4.70. The van der Waals surface area contributed by atoms with Crippen LogP contribution in [-0.2, 0) is 11.2 Å². The molecule has 1 aliphatic heterocycles. The third kappa shape index (κ3) is 3.81. The number of pyridine rings is 1. The molecule has 2 heterocycles. The number of nitrogens with one attached hydrogen (secondary N) is 1. The smallest absolute Gasteiger partial charge is 0.234 e. The third-order valence-electron chi connectivity index (χ3n) is 3.68. The van der Waals surface area contributed by atoms with E-state index in [1.807, 2.05) is 12.4 Å². The number of nitrogens with two attached hydrogens (primary N) is 1. The molecule has 0 saturated carbocycles. The van der Waals surface area contributed by atoms with Crippen molar-refractivity contribution in [2.75, 3.05) is 6.54 Å². The van der Waals surface area contributed by atoms with Gasteiger partial charge in [-0.2, -0.15) is 0 Å². The van der Waals surface area contributed by atoms with Gasteiger partial charge < -0.3 is 11.1 Å². The van der Waals surface area contributed by atoms with Gasteiger partial charge in [-0.3, -0.25) is 9.78 Å². The van der Waals surface area contributed by atoms with Crippen molar-refractivity contribution in [3.8, 4) is 0 Å². The summed E-state index contributed by atoms with van der Waals surface area (Å²) in [6.07, 6.45) is 9.15. The Morgan fingerprint density at radius 3 is 2.94 bits per heavy atom. The van der Waals surface area contributed by atoms with E-state index in [0.717, 1.165) is 25.8 Å². The van der Waals surface area contributed by atoms with Crippen molar-refractivity contribution in [3.63, 3.8) is 0 Å². The number of aromatic nitrogens is 1. The van der Waals surface area contributed by atoms with Crippen molar-refractivity contribution in [1.29, 1.82) is 0 Å². The fourth-order valence-corrected chi connectivity index (χ4v) is 2.62. The summed E-state index contributed by atoms with van der Waals surface area (Å²) in [6, 6.07) is 4.01. The summed E-state index contributed by atoms with van der Waals surface area (Å²) in [4.78, 5) is 15.2. The zero-order chi connectivity index (χ0) is 12.8. The average Bonchev–Trinajstić information content (AvgIpc) is 2.40. The van der Waals surface area contributed by atoms with Gasteiger partial charge >= 0.3 is 0 Å². The van der Waals surface area contributed by atoms with E-state index in [1.165, 1.54) is 18.4 Å². The molecule has 1 amide bonds. The second kappa shape index (κ2) is 6.50. The van der Waals surface area contributed by atoms with E-state index < -0.39 is 0 Å². The summed E-state index contributed by atoms with van der Waals surface area (Å²) < 4.78 is 0. The van der Waals surface area contributed by atoms with Crippen LogP contribution in [-0.4, -0.2) is 23.5 Å². The molecular weight excluding hydrogens is 226 g/mol. The largest absolute Gasteiger partial charge is 0.368 e. The number of piperidine rings is 1. The topological polar surface area (TPSA) is 68.0 Å². The Morgan fingerprint density at radius 2 is 2.22 bits per heavy atom. The van der Waals surface area contributed by atoms with Gasteiger partial charge in [-0.15, -0.1) is 0 Å². The van der Waals surface area contributed by atoms with Crippen molar-refractivity contribution in [3.05, 3.63) is 30.1 Å². The van der Waals surface area contributed by atoms with E-state index in [0.29, 0.717) is 5.92 Å². The van der Waals surface area contributed by atoms with Crippen LogP contribution >= 0.6 is 0 Å². The molecule has 18 heavy (non-hydrogen) atoms. The van der Waals surface area contributed by atoms with Gasteiger partial charge in [0.25, 0.3) is 0 Å². The quantitative estimate of drug-likeness (QED) is 0.823. The van der Waals surface area contributed by atoms with Crippen molar-refractivity contribution in [2.45, 2.75) is 38.1 Å². The molecular formula is C14H21N3O. The SMILES string of the molecule is NC(=O)C1CC(CCCc2ccncc2)CCN1. The van der Waals surface area contributed by atoms with Gasteiger partial charge in [-0.1, -0.05) is 6.42 Å². The fourth-order valence-electron chi connectivity index (χ4n) is 2.62. The van der Waals surface area contributed by atoms with Gasteiger partial charge in [0.15, 0.2) is 0 Å². The van der Waals surface area contributed by atoms with Crippen molar-refractivity contribution >= 4 is 5.91 Å². The first kappa shape index (κ1) is 13.0. The van der Waals surface area contributed by atoms with E-state index in [4.69, 9.17) is 5.73 Å². The maximum atomic E-state index is 11.1. The maximum Gasteiger partial charge on any atom is 0.234 e. The number of aryl methyl sites for hydroxylation is 1. The van der Waals surface area contributed by atoms with Gasteiger partial charge in [-0.25, -0.2) is 0 Å². The number of carbonyl (C=O) groups excluding carboxylic acids is 1. The normalized spacial score (nSPS) is 23.8. The Labute approximate surface area is 108 Å². The molecule has 4 nitrogen and oxygen atoms in total. The van der Waals surface area contributed by atoms with E-state index in [-0.39, 0.29) is 11.9 Å². The van der Waals surface area contributed by atoms with Crippen LogP contribution in [0.2, 0.25) is 0 Å². The molecule has 1 fully saturated rings. The van der Waals surface area contributed by atoms with Crippen LogP contribution in [0.25, 0.3) is 0 Å². The summed E-state index contributed by atoms with van der Waals surface area (Å²) in [5.74, 6) is 0.416. The average molecular weight is 247 g/mol. The lowest BCUT2D eigenvalue weighted by atomic mass is 9.87. The molecule has 0 radical (unpaired) electrons. The number of hydrogen-bond acceptors (Lipinski definition) is 3. The Bertz CT molecular complexity index is 380. The van der Waals surface area contributed by atoms with Crippen molar-refractivity contribution in [1.82, 2.24) is 10.3 Å². The molecule has 2 unspecified atom stereocenters. The van der Waals surface area contributed by atoms with Crippen LogP contribution in [0.4, 0.5) is 0 Å². The number of nitrogens with zero attached hydrogens (tertiary/aromatic N) is 1. The molecule has 2 atom stereocenters. The van der Waals surface area contributed by atoms with E-state index in [9.17, 15) is 4.79 Å². The second-order valence-corrected chi connectivity index (χ2v) is 5.05. The number of hydrogen-bond donors (Lipinski definition) is 2. The Balaban J connectivity index is 1.72. The maximum absolute atomic E-state index is 11.1. The molecule has 3 N–H and O–H groups in total. The lowest BCUT2D eigenvalue weighted by Crippen LogP contribution is -2.46. The minimum absolute atomic E-state index is 0.121. The molecule has 1 saturated heterocycles. The van der Waals surface area contributed by atoms with E-state index >= 15 is 0 Å². The first-order chi connectivity index (χ1) is 8.75. The molecule has 0 bridgehead atoms. The summed E-state index contributed by atoms with van der Waals surface area (Å²) in [6.45, 7) is 0.910. The minimum Gasteiger partial charge on any atom is -0.368 e. The van der Waals surface area contributed by atoms with Gasteiger partial charge in [0.05, 0.1) is 6.04 Å². The number of amides is 1. The lowest BCUT2D eigenvalue weighted by Gasteiger charge is -2.28. The van der Waals surface area contributed by atoms with Crippen LogP contribution in [0.1, 0.15) is 31.2 Å². The number of primary amides is 1. The zero-order valence-corrected chi connectivity index (χ0v) is 10.6. The monoisotopic (exact) mass is 247 g/mol. The summed E-state index contributed by atoms with van der Waals surface area (Å²) in [5.41, 5.74) is 6.68. The summed E-state index contributed by atoms with van der Waals surface area (Å²) in [7, 11) is 0. The standard InChI is InChI=1S/C14H21N3O/c15-14(18)13-10-12(6-9-17-13)3-1-2-11-4-7-16-8-5-11/h4-5,7-8,12-13,17H,1-3,6,9-10H2,(H2,15,18). The molecule has 2 rings (SSSR count). The van der Waals surface area contributed by atoms with E-state index in [1.54, 1.807) is 0 Å². The summed E-state index contributed by atoms with van der Waals surface area (Å²) in [5, 5.41) is 3.17. The van der Waals surface area contributed by atoms with Crippen LogP contribution in [0, 0.1) is 5.92 Å². The van der Waals surface area contributed by atoms with Crippen LogP contribution in [0.15, 0.2) is 24.5 Å². The van der Waals surface area contributed by atoms with Crippen molar-refractivity contribution < 1.29 is 4.79 Å². The molecule has 98 valence electrons. The predicted molar refractivity (Wildman–Crippen MR) is 70.9 cm³/mol. The number of rotatable bonds is 5. The van der Waals surface area contributed by atoms with Gasteiger partial charge in [-0.05, 0) is 55.8 Å². The summed E-state index contributed by atoms with van der Waals surface area (Å²) >= 11 is 0. The highest BCUT2D eigenvalue weighted by molar-refractivity contribution is 5.79. The molecule has 0 aromatic carbocycles. The predicted octanol–water partition coefficient (Wildman–Crippen LogP) is 1.26. The van der Waals surface area contributed by atoms with E-state index in [2.05, 4.69) is 22.4 Å².